The van der Waals surface area contributed by atoms with Gasteiger partial charge < -0.3 is 4.90 Å². The van der Waals surface area contributed by atoms with Gasteiger partial charge in [0, 0.05) is 22.6 Å². The molecule has 34 heavy (non-hydrogen) atoms. The minimum Gasteiger partial charge on any atom is -0.311 e. The van der Waals surface area contributed by atoms with E-state index in [1.165, 1.54) is 0 Å². The molecule has 0 saturated heterocycles. The Morgan fingerprint density at radius 1 is 0.441 bits per heavy atom. The van der Waals surface area contributed by atoms with Crippen molar-refractivity contribution in [2.45, 2.75) is 5.92 Å². The Kier molecular flexibility index (Phi) is 5.04. The zero-order chi connectivity index (χ0) is 22.9. The number of para-hydroxylation sites is 2. The summed E-state index contributed by atoms with van der Waals surface area (Å²) < 4.78 is 0. The lowest BCUT2D eigenvalue weighted by molar-refractivity contribution is 0.0972. The van der Waals surface area contributed by atoms with Crippen molar-refractivity contribution in [3.05, 3.63) is 150 Å². The fraction of sp³-hybridized carbons (Fsp3) is 0.0312. The number of Topliss-reactive ketones (excluding diaryl/α,β-unsaturated/α-hetero) is 1. The third-order valence-electron chi connectivity index (χ3n) is 6.53. The maximum absolute atomic E-state index is 13.6. The van der Waals surface area contributed by atoms with Gasteiger partial charge in [-0.3, -0.25) is 4.79 Å². The molecule has 0 aliphatic heterocycles. The number of carbonyl (C=O) groups excluding carboxylic acids is 1. The van der Waals surface area contributed by atoms with Gasteiger partial charge in [-0.15, -0.1) is 0 Å². The van der Waals surface area contributed by atoms with Crippen molar-refractivity contribution in [2.24, 2.45) is 0 Å². The Bertz CT molecular complexity index is 1420. The second kappa shape index (κ2) is 8.49. The predicted octanol–water partition coefficient (Wildman–Crippen LogP) is 8.15. The molecule has 0 N–H and O–H groups in total. The van der Waals surface area contributed by atoms with E-state index in [4.69, 9.17) is 0 Å². The Balaban J connectivity index is 1.44. The van der Waals surface area contributed by atoms with Crippen LogP contribution in [0.3, 0.4) is 0 Å². The van der Waals surface area contributed by atoms with E-state index < -0.39 is 0 Å². The monoisotopic (exact) mass is 437 g/mol. The van der Waals surface area contributed by atoms with Crippen LogP contribution in [0.25, 0.3) is 11.1 Å². The van der Waals surface area contributed by atoms with Gasteiger partial charge in [-0.05, 0) is 58.7 Å². The average Bonchev–Trinajstić information content (AvgIpc) is 2.91. The molecule has 0 bridgehead atoms. The summed E-state index contributed by atoms with van der Waals surface area (Å²) >= 11 is 0. The molecule has 0 aromatic heterocycles. The summed E-state index contributed by atoms with van der Waals surface area (Å²) in [5, 5.41) is 0. The highest BCUT2D eigenvalue weighted by molar-refractivity contribution is 6.11. The summed E-state index contributed by atoms with van der Waals surface area (Å²) in [6, 6.07) is 45.3. The van der Waals surface area contributed by atoms with Gasteiger partial charge in [0.05, 0.1) is 5.92 Å². The summed E-state index contributed by atoms with van der Waals surface area (Å²) in [6.45, 7) is 0. The van der Waals surface area contributed by atoms with Gasteiger partial charge >= 0.3 is 0 Å². The van der Waals surface area contributed by atoms with E-state index in [0.717, 1.165) is 44.9 Å². The molecule has 162 valence electrons. The van der Waals surface area contributed by atoms with Crippen LogP contribution in [0.5, 0.6) is 0 Å². The number of nitrogens with zero attached hydrogens (tertiary/aromatic N) is 1. The number of benzene rings is 5. The lowest BCUT2D eigenvalue weighted by Crippen LogP contribution is -2.20. The van der Waals surface area contributed by atoms with Crippen LogP contribution in [-0.4, -0.2) is 5.78 Å². The van der Waals surface area contributed by atoms with Gasteiger partial charge in [-0.25, -0.2) is 0 Å². The Morgan fingerprint density at radius 2 is 0.912 bits per heavy atom. The van der Waals surface area contributed by atoms with Gasteiger partial charge in [0.2, 0.25) is 0 Å². The van der Waals surface area contributed by atoms with Crippen LogP contribution in [0, 0.1) is 0 Å². The molecule has 2 heteroatoms. The first-order valence-corrected chi connectivity index (χ1v) is 11.5. The van der Waals surface area contributed by atoms with E-state index in [2.05, 4.69) is 89.8 Å². The number of rotatable bonds is 4. The molecule has 0 fully saturated rings. The Labute approximate surface area is 199 Å². The molecule has 1 unspecified atom stereocenters. The van der Waals surface area contributed by atoms with Gasteiger partial charge in [0.1, 0.15) is 0 Å². The molecule has 1 aliphatic rings. The van der Waals surface area contributed by atoms with Crippen molar-refractivity contribution >= 4 is 22.8 Å². The van der Waals surface area contributed by atoms with E-state index >= 15 is 0 Å². The molecule has 0 saturated carbocycles. The van der Waals surface area contributed by atoms with Gasteiger partial charge in [-0.1, -0.05) is 97.1 Å². The first kappa shape index (κ1) is 20.2. The van der Waals surface area contributed by atoms with Crippen LogP contribution in [0.15, 0.2) is 133 Å². The SMILES string of the molecule is O=C1c2ccccc2-c2ccccc2C1c1ccc(N(c2ccccc2)c2ccccc2)cc1. The lowest BCUT2D eigenvalue weighted by Gasteiger charge is -2.28. The summed E-state index contributed by atoms with van der Waals surface area (Å²) in [6.07, 6.45) is 0. The van der Waals surface area contributed by atoms with Gasteiger partial charge in [0.25, 0.3) is 0 Å². The van der Waals surface area contributed by atoms with E-state index in [-0.39, 0.29) is 11.7 Å². The van der Waals surface area contributed by atoms with E-state index in [1.54, 1.807) is 0 Å². The van der Waals surface area contributed by atoms with Crippen LogP contribution < -0.4 is 4.90 Å². The molecule has 0 amide bonds. The Morgan fingerprint density at radius 3 is 1.53 bits per heavy atom. The molecule has 0 heterocycles. The second-order valence-corrected chi connectivity index (χ2v) is 8.53. The van der Waals surface area contributed by atoms with Crippen molar-refractivity contribution in [1.29, 1.82) is 0 Å². The quantitative estimate of drug-likeness (QED) is 0.283. The molecule has 1 aliphatic carbocycles. The molecule has 6 rings (SSSR count). The molecule has 2 nitrogen and oxygen atoms in total. The molecule has 5 aromatic carbocycles. The molecule has 1 atom stereocenters. The third kappa shape index (κ3) is 3.41. The van der Waals surface area contributed by atoms with Crippen molar-refractivity contribution in [3.63, 3.8) is 0 Å². The molecular formula is C32H23NO. The highest BCUT2D eigenvalue weighted by Gasteiger charge is 2.32. The fourth-order valence-corrected chi connectivity index (χ4v) is 4.97. The van der Waals surface area contributed by atoms with Gasteiger partial charge in [-0.2, -0.15) is 0 Å². The summed E-state index contributed by atoms with van der Waals surface area (Å²) in [5.41, 5.74) is 8.28. The number of hydrogen-bond donors (Lipinski definition) is 0. The van der Waals surface area contributed by atoms with Crippen molar-refractivity contribution in [3.8, 4) is 11.1 Å². The fourth-order valence-electron chi connectivity index (χ4n) is 4.97. The standard InChI is InChI=1S/C32H23NO/c34-32-30-18-10-8-16-28(30)27-15-7-9-17-29(27)31(32)23-19-21-26(22-20-23)33(24-11-3-1-4-12-24)25-13-5-2-6-14-25/h1-22,31H. The third-order valence-corrected chi connectivity index (χ3v) is 6.53. The van der Waals surface area contributed by atoms with Crippen molar-refractivity contribution in [1.82, 2.24) is 0 Å². The normalized spacial score (nSPS) is 14.2. The minimum absolute atomic E-state index is 0.157. The van der Waals surface area contributed by atoms with Crippen molar-refractivity contribution in [2.75, 3.05) is 4.90 Å². The first-order valence-electron chi connectivity index (χ1n) is 11.5. The smallest absolute Gasteiger partial charge is 0.175 e. The Hall–Kier alpha value is -4.43. The predicted molar refractivity (Wildman–Crippen MR) is 139 cm³/mol. The topological polar surface area (TPSA) is 20.3 Å². The largest absolute Gasteiger partial charge is 0.311 e. The van der Waals surface area contributed by atoms with Crippen LogP contribution in [0.4, 0.5) is 17.1 Å². The lowest BCUT2D eigenvalue weighted by atomic mass is 9.75. The minimum atomic E-state index is -0.304. The van der Waals surface area contributed by atoms with Crippen LogP contribution in [-0.2, 0) is 0 Å². The first-order chi connectivity index (χ1) is 16.8. The maximum atomic E-state index is 13.6. The van der Waals surface area contributed by atoms with Crippen LogP contribution in [0.1, 0.15) is 27.4 Å². The zero-order valence-electron chi connectivity index (χ0n) is 18.6. The molecule has 5 aromatic rings. The average molecular weight is 438 g/mol. The summed E-state index contributed by atoms with van der Waals surface area (Å²) in [7, 11) is 0. The number of hydrogen-bond acceptors (Lipinski definition) is 2. The number of fused-ring (bicyclic) bond motifs is 3. The molecule has 0 radical (unpaired) electrons. The molecule has 0 spiro atoms. The second-order valence-electron chi connectivity index (χ2n) is 8.53. The number of carbonyl (C=O) groups is 1. The van der Waals surface area contributed by atoms with E-state index in [1.807, 2.05) is 48.5 Å². The molecular weight excluding hydrogens is 414 g/mol. The van der Waals surface area contributed by atoms with Crippen LogP contribution >= 0.6 is 0 Å². The van der Waals surface area contributed by atoms with E-state index in [0.29, 0.717) is 0 Å². The summed E-state index contributed by atoms with van der Waals surface area (Å²) in [4.78, 5) is 15.9. The van der Waals surface area contributed by atoms with Gasteiger partial charge in [0.15, 0.2) is 5.78 Å². The maximum Gasteiger partial charge on any atom is 0.175 e. The van der Waals surface area contributed by atoms with Crippen molar-refractivity contribution < 1.29 is 4.79 Å². The zero-order valence-corrected chi connectivity index (χ0v) is 18.6. The highest BCUT2D eigenvalue weighted by atomic mass is 16.1. The van der Waals surface area contributed by atoms with Crippen LogP contribution in [0.2, 0.25) is 0 Å². The summed E-state index contributed by atoms with van der Waals surface area (Å²) in [5.74, 6) is -0.146. The van der Waals surface area contributed by atoms with E-state index in [9.17, 15) is 4.79 Å². The highest BCUT2D eigenvalue weighted by Crippen LogP contribution is 2.43. The number of ketones is 1. The number of anilines is 3.